The molecule has 0 saturated carbocycles. The summed E-state index contributed by atoms with van der Waals surface area (Å²) in [7, 11) is -3.41. The van der Waals surface area contributed by atoms with E-state index in [1.165, 1.54) is 4.31 Å². The number of rotatable bonds is 7. The van der Waals surface area contributed by atoms with Crippen molar-refractivity contribution in [2.45, 2.75) is 38.1 Å². The van der Waals surface area contributed by atoms with E-state index in [4.69, 9.17) is 5.11 Å². The molecule has 0 spiro atoms. The number of piperidine rings is 1. The van der Waals surface area contributed by atoms with Crippen molar-refractivity contribution >= 4 is 16.0 Å². The molecular weight excluding hydrogens is 328 g/mol. The predicted molar refractivity (Wildman–Crippen MR) is 92.2 cm³/mol. The van der Waals surface area contributed by atoms with Crippen LogP contribution in [0.25, 0.3) is 0 Å². The standard InChI is InChI=1S/C17H26N2O4S/c1-3-19(4-2)24(22,23)16-7-5-14(6-8-16)13-18-11-9-15(10-12-18)17(20)21/h5-8,15H,3-4,9-13H2,1-2H3,(H,20,21). The average Bonchev–Trinajstić information content (AvgIpc) is 2.56. The van der Waals surface area contributed by atoms with Crippen LogP contribution in [0.3, 0.4) is 0 Å². The topological polar surface area (TPSA) is 77.9 Å². The van der Waals surface area contributed by atoms with Crippen LogP contribution < -0.4 is 0 Å². The molecule has 1 aromatic rings. The molecule has 0 aliphatic carbocycles. The second-order valence-corrected chi connectivity index (χ2v) is 8.06. The highest BCUT2D eigenvalue weighted by Gasteiger charge is 2.25. The van der Waals surface area contributed by atoms with E-state index in [9.17, 15) is 13.2 Å². The van der Waals surface area contributed by atoms with Gasteiger partial charge in [-0.2, -0.15) is 4.31 Å². The quantitative estimate of drug-likeness (QED) is 0.810. The van der Waals surface area contributed by atoms with Gasteiger partial charge in [-0.05, 0) is 43.6 Å². The van der Waals surface area contributed by atoms with Gasteiger partial charge in [0.05, 0.1) is 10.8 Å². The highest BCUT2D eigenvalue weighted by atomic mass is 32.2. The first kappa shape index (κ1) is 18.9. The maximum Gasteiger partial charge on any atom is 0.306 e. The van der Waals surface area contributed by atoms with Crippen molar-refractivity contribution in [1.82, 2.24) is 9.21 Å². The summed E-state index contributed by atoms with van der Waals surface area (Å²) in [6, 6.07) is 7.01. The Kier molecular flexibility index (Phi) is 6.37. The summed E-state index contributed by atoms with van der Waals surface area (Å²) >= 11 is 0. The second kappa shape index (κ2) is 8.09. The van der Waals surface area contributed by atoms with Crippen LogP contribution in [0.15, 0.2) is 29.2 Å². The summed E-state index contributed by atoms with van der Waals surface area (Å²) < 4.78 is 26.4. The Labute approximate surface area is 144 Å². The van der Waals surface area contributed by atoms with Gasteiger partial charge in [-0.3, -0.25) is 9.69 Å². The Morgan fingerprint density at radius 1 is 1.17 bits per heavy atom. The molecule has 0 atom stereocenters. The van der Waals surface area contributed by atoms with Crippen molar-refractivity contribution in [1.29, 1.82) is 0 Å². The van der Waals surface area contributed by atoms with Crippen LogP contribution in [0.4, 0.5) is 0 Å². The summed E-state index contributed by atoms with van der Waals surface area (Å²) in [6.07, 6.45) is 1.34. The molecule has 0 amide bonds. The molecule has 134 valence electrons. The minimum atomic E-state index is -3.41. The molecule has 1 aromatic carbocycles. The van der Waals surface area contributed by atoms with Crippen molar-refractivity contribution in [3.05, 3.63) is 29.8 Å². The Bertz CT molecular complexity index is 646. The van der Waals surface area contributed by atoms with E-state index in [0.717, 1.165) is 25.2 Å². The number of hydrogen-bond acceptors (Lipinski definition) is 4. The van der Waals surface area contributed by atoms with E-state index in [0.29, 0.717) is 30.8 Å². The number of carboxylic acid groups (broad SMARTS) is 1. The van der Waals surface area contributed by atoms with Gasteiger partial charge in [0.2, 0.25) is 10.0 Å². The van der Waals surface area contributed by atoms with Gasteiger partial charge >= 0.3 is 5.97 Å². The molecular formula is C17H26N2O4S. The summed E-state index contributed by atoms with van der Waals surface area (Å²) in [5.41, 5.74) is 1.04. The highest BCUT2D eigenvalue weighted by molar-refractivity contribution is 7.89. The summed E-state index contributed by atoms with van der Waals surface area (Å²) in [4.78, 5) is 13.5. The molecule has 6 nitrogen and oxygen atoms in total. The molecule has 1 aliphatic heterocycles. The lowest BCUT2D eigenvalue weighted by Crippen LogP contribution is -2.35. The van der Waals surface area contributed by atoms with Gasteiger partial charge in [0.15, 0.2) is 0 Å². The molecule has 0 bridgehead atoms. The second-order valence-electron chi connectivity index (χ2n) is 6.12. The van der Waals surface area contributed by atoms with Crippen LogP contribution in [0.5, 0.6) is 0 Å². The summed E-state index contributed by atoms with van der Waals surface area (Å²) in [5.74, 6) is -0.941. The molecule has 2 rings (SSSR count). The van der Waals surface area contributed by atoms with E-state index in [-0.39, 0.29) is 5.92 Å². The first-order valence-corrected chi connectivity index (χ1v) is 9.86. The maximum absolute atomic E-state index is 12.5. The fourth-order valence-corrected chi connectivity index (χ4v) is 4.53. The minimum absolute atomic E-state index is 0.233. The Hall–Kier alpha value is -1.44. The van der Waals surface area contributed by atoms with Crippen LogP contribution >= 0.6 is 0 Å². The molecule has 1 N–H and O–H groups in total. The highest BCUT2D eigenvalue weighted by Crippen LogP contribution is 2.21. The van der Waals surface area contributed by atoms with Gasteiger partial charge in [0.1, 0.15) is 0 Å². The number of likely N-dealkylation sites (tertiary alicyclic amines) is 1. The molecule has 0 aromatic heterocycles. The number of sulfonamides is 1. The first-order chi connectivity index (χ1) is 11.4. The fraction of sp³-hybridized carbons (Fsp3) is 0.588. The first-order valence-electron chi connectivity index (χ1n) is 8.42. The lowest BCUT2D eigenvalue weighted by Gasteiger charge is -2.30. The number of aliphatic carboxylic acids is 1. The molecule has 1 aliphatic rings. The zero-order valence-corrected chi connectivity index (χ0v) is 15.1. The SMILES string of the molecule is CCN(CC)S(=O)(=O)c1ccc(CN2CCC(C(=O)O)CC2)cc1. The fourth-order valence-electron chi connectivity index (χ4n) is 3.08. The van der Waals surface area contributed by atoms with Crippen LogP contribution in [-0.2, 0) is 21.4 Å². The van der Waals surface area contributed by atoms with E-state index >= 15 is 0 Å². The van der Waals surface area contributed by atoms with Crippen molar-refractivity contribution < 1.29 is 18.3 Å². The third kappa shape index (κ3) is 4.34. The lowest BCUT2D eigenvalue weighted by molar-refractivity contribution is -0.143. The van der Waals surface area contributed by atoms with Gasteiger partial charge in [-0.1, -0.05) is 26.0 Å². The molecule has 1 saturated heterocycles. The molecule has 0 radical (unpaired) electrons. The Morgan fingerprint density at radius 2 is 1.71 bits per heavy atom. The van der Waals surface area contributed by atoms with E-state index in [1.807, 2.05) is 26.0 Å². The minimum Gasteiger partial charge on any atom is -0.481 e. The normalized spacial score (nSPS) is 17.3. The van der Waals surface area contributed by atoms with Crippen molar-refractivity contribution in [3.8, 4) is 0 Å². The Balaban J connectivity index is 1.99. The van der Waals surface area contributed by atoms with Gasteiger partial charge in [-0.25, -0.2) is 8.42 Å². The number of benzene rings is 1. The van der Waals surface area contributed by atoms with Gasteiger partial charge in [0, 0.05) is 19.6 Å². The average molecular weight is 354 g/mol. The third-order valence-electron chi connectivity index (χ3n) is 4.61. The summed E-state index contributed by atoms with van der Waals surface area (Å²) in [5, 5.41) is 9.03. The number of hydrogen-bond donors (Lipinski definition) is 1. The maximum atomic E-state index is 12.5. The van der Waals surface area contributed by atoms with Crippen molar-refractivity contribution in [3.63, 3.8) is 0 Å². The zero-order valence-electron chi connectivity index (χ0n) is 14.3. The van der Waals surface area contributed by atoms with Gasteiger partial charge in [-0.15, -0.1) is 0 Å². The Morgan fingerprint density at radius 3 is 2.17 bits per heavy atom. The van der Waals surface area contributed by atoms with E-state index in [1.54, 1.807) is 12.1 Å². The number of nitrogens with zero attached hydrogens (tertiary/aromatic N) is 2. The number of carboxylic acids is 1. The molecule has 7 heteroatoms. The smallest absolute Gasteiger partial charge is 0.306 e. The molecule has 1 fully saturated rings. The summed E-state index contributed by atoms with van der Waals surface area (Å²) in [6.45, 7) is 6.81. The van der Waals surface area contributed by atoms with Crippen LogP contribution in [0, 0.1) is 5.92 Å². The van der Waals surface area contributed by atoms with Crippen molar-refractivity contribution in [2.75, 3.05) is 26.2 Å². The lowest BCUT2D eigenvalue weighted by atomic mass is 9.97. The number of carbonyl (C=O) groups is 1. The molecule has 24 heavy (non-hydrogen) atoms. The predicted octanol–water partition coefficient (Wildman–Crippen LogP) is 2.01. The van der Waals surface area contributed by atoms with E-state index < -0.39 is 16.0 Å². The van der Waals surface area contributed by atoms with Crippen molar-refractivity contribution in [2.24, 2.45) is 5.92 Å². The van der Waals surface area contributed by atoms with Gasteiger partial charge in [0.25, 0.3) is 0 Å². The van der Waals surface area contributed by atoms with E-state index in [2.05, 4.69) is 4.90 Å². The molecule has 1 heterocycles. The zero-order chi connectivity index (χ0) is 17.7. The van der Waals surface area contributed by atoms with Gasteiger partial charge < -0.3 is 5.11 Å². The molecule has 0 unspecified atom stereocenters. The van der Waals surface area contributed by atoms with Crippen LogP contribution in [0.1, 0.15) is 32.3 Å². The third-order valence-corrected chi connectivity index (χ3v) is 6.67. The largest absolute Gasteiger partial charge is 0.481 e. The monoisotopic (exact) mass is 354 g/mol. The van der Waals surface area contributed by atoms with Crippen LogP contribution in [-0.4, -0.2) is 54.9 Å². The van der Waals surface area contributed by atoms with Crippen LogP contribution in [0.2, 0.25) is 0 Å².